The highest BCUT2D eigenvalue weighted by atomic mass is 15.4. The summed E-state index contributed by atoms with van der Waals surface area (Å²) in [5.41, 5.74) is 0. The molecule has 0 aromatic rings. The number of rotatable bonds is 2. The van der Waals surface area contributed by atoms with Gasteiger partial charge in [-0.1, -0.05) is 0 Å². The Morgan fingerprint density at radius 3 is 2.35 bits per heavy atom. The maximum atomic E-state index is 2.69. The normalized spacial score (nSPS) is 39.7. The molecule has 0 bridgehead atoms. The van der Waals surface area contributed by atoms with E-state index in [9.17, 15) is 0 Å². The van der Waals surface area contributed by atoms with E-state index in [4.69, 9.17) is 0 Å². The Labute approximate surface area is 108 Å². The monoisotopic (exact) mass is 239 g/mol. The molecule has 2 fully saturated rings. The number of nitrogens with zero attached hydrogens (tertiary/aromatic N) is 2. The lowest BCUT2D eigenvalue weighted by Crippen LogP contribution is -2.60. The van der Waals surface area contributed by atoms with Crippen LogP contribution in [0.1, 0.15) is 40.5 Å². The maximum absolute atomic E-state index is 2.69. The van der Waals surface area contributed by atoms with E-state index in [0.717, 1.165) is 23.9 Å². The second-order valence-corrected chi connectivity index (χ2v) is 7.17. The minimum absolute atomic E-state index is 0.740. The second-order valence-electron chi connectivity index (χ2n) is 7.17. The van der Waals surface area contributed by atoms with Crippen molar-refractivity contribution in [3.8, 4) is 0 Å². The van der Waals surface area contributed by atoms with Crippen molar-refractivity contribution in [2.24, 2.45) is 11.8 Å². The average molecular weight is 239 g/mol. The van der Waals surface area contributed by atoms with Crippen molar-refractivity contribution >= 4 is 0 Å². The van der Waals surface area contributed by atoms with Crippen LogP contribution in [0, 0.1) is 11.8 Å². The van der Waals surface area contributed by atoms with Gasteiger partial charge in [0.25, 0.3) is 0 Å². The summed E-state index contributed by atoms with van der Waals surface area (Å²) in [6.07, 6.45) is 2.88. The molecule has 2 nitrogen and oxygen atoms in total. The van der Waals surface area contributed by atoms with E-state index in [2.05, 4.69) is 39.6 Å². The summed E-state index contributed by atoms with van der Waals surface area (Å²) < 4.78 is 1.31. The highest BCUT2D eigenvalue weighted by Gasteiger charge is 2.41. The Kier molecular flexibility index (Phi) is 3.84. The summed E-state index contributed by atoms with van der Waals surface area (Å²) in [4.78, 5) is 2.69. The van der Waals surface area contributed by atoms with E-state index < -0.39 is 0 Å². The molecule has 3 unspecified atom stereocenters. The standard InChI is InChI=1S/C15H31N2/c1-12(2)16-8-6-15-11-17(5,13(3)4)9-7-14(15)10-16/h12-15H,6-11H2,1-5H3/q+1. The van der Waals surface area contributed by atoms with Gasteiger partial charge in [0.2, 0.25) is 0 Å². The van der Waals surface area contributed by atoms with E-state index in [1.165, 1.54) is 43.5 Å². The van der Waals surface area contributed by atoms with Crippen LogP contribution in [-0.2, 0) is 0 Å². The zero-order chi connectivity index (χ0) is 12.6. The van der Waals surface area contributed by atoms with Crippen LogP contribution in [0.5, 0.6) is 0 Å². The van der Waals surface area contributed by atoms with E-state index in [1.54, 1.807) is 0 Å². The second kappa shape index (κ2) is 4.89. The van der Waals surface area contributed by atoms with Crippen molar-refractivity contribution < 1.29 is 4.48 Å². The molecule has 0 amide bonds. The van der Waals surface area contributed by atoms with Gasteiger partial charge in [-0.2, -0.15) is 0 Å². The third-order valence-electron chi connectivity index (χ3n) is 5.56. The molecule has 0 aromatic heterocycles. The fourth-order valence-corrected chi connectivity index (χ4v) is 3.70. The molecule has 2 saturated heterocycles. The van der Waals surface area contributed by atoms with Crippen LogP contribution in [0.4, 0.5) is 0 Å². The minimum Gasteiger partial charge on any atom is -0.324 e. The van der Waals surface area contributed by atoms with Gasteiger partial charge in [0.1, 0.15) is 0 Å². The molecule has 17 heavy (non-hydrogen) atoms. The average Bonchev–Trinajstić information content (AvgIpc) is 2.28. The van der Waals surface area contributed by atoms with Gasteiger partial charge < -0.3 is 9.38 Å². The Hall–Kier alpha value is -0.0800. The lowest BCUT2D eigenvalue weighted by Gasteiger charge is -2.51. The number of piperidine rings is 2. The summed E-state index contributed by atoms with van der Waals surface area (Å²) in [6, 6.07) is 1.53. The van der Waals surface area contributed by atoms with Crippen LogP contribution in [0.2, 0.25) is 0 Å². The van der Waals surface area contributed by atoms with Gasteiger partial charge in [-0.25, -0.2) is 0 Å². The Morgan fingerprint density at radius 1 is 1.06 bits per heavy atom. The highest BCUT2D eigenvalue weighted by molar-refractivity contribution is 4.84. The quantitative estimate of drug-likeness (QED) is 0.670. The topological polar surface area (TPSA) is 3.24 Å². The summed E-state index contributed by atoms with van der Waals surface area (Å²) in [5.74, 6) is 1.97. The fraction of sp³-hybridized carbons (Fsp3) is 1.00. The van der Waals surface area contributed by atoms with Gasteiger partial charge in [-0.05, 0) is 46.6 Å². The summed E-state index contributed by atoms with van der Waals surface area (Å²) in [5, 5.41) is 0. The Balaban J connectivity index is 1.97. The van der Waals surface area contributed by atoms with Crippen molar-refractivity contribution in [3.05, 3.63) is 0 Å². The molecule has 2 heterocycles. The van der Waals surface area contributed by atoms with Crippen LogP contribution < -0.4 is 0 Å². The molecule has 2 aliphatic rings. The molecule has 100 valence electrons. The molecule has 0 radical (unpaired) electrons. The molecule has 2 heteroatoms. The molecule has 0 saturated carbocycles. The van der Waals surface area contributed by atoms with Crippen molar-refractivity contribution in [1.82, 2.24) is 4.90 Å². The SMILES string of the molecule is CC(C)N1CCC2C[N+](C)(C(C)C)CCC2C1. The number of hydrogen-bond acceptors (Lipinski definition) is 1. The first-order valence-corrected chi connectivity index (χ1v) is 7.50. The van der Waals surface area contributed by atoms with Crippen LogP contribution in [-0.4, -0.2) is 54.7 Å². The van der Waals surface area contributed by atoms with Gasteiger partial charge in [0.15, 0.2) is 0 Å². The number of hydrogen-bond donors (Lipinski definition) is 0. The first-order chi connectivity index (χ1) is 7.92. The predicted molar refractivity (Wildman–Crippen MR) is 74.0 cm³/mol. The smallest absolute Gasteiger partial charge is 0.0831 e. The van der Waals surface area contributed by atoms with Crippen molar-refractivity contribution in [3.63, 3.8) is 0 Å². The number of fused-ring (bicyclic) bond motifs is 1. The van der Waals surface area contributed by atoms with Gasteiger partial charge >= 0.3 is 0 Å². The van der Waals surface area contributed by atoms with Crippen LogP contribution in [0.15, 0.2) is 0 Å². The Morgan fingerprint density at radius 2 is 1.76 bits per heavy atom. The van der Waals surface area contributed by atoms with Gasteiger partial charge in [0.05, 0.1) is 26.2 Å². The zero-order valence-electron chi connectivity index (χ0n) is 12.4. The third kappa shape index (κ3) is 2.68. The molecule has 0 N–H and O–H groups in total. The van der Waals surface area contributed by atoms with Crippen LogP contribution in [0.25, 0.3) is 0 Å². The highest BCUT2D eigenvalue weighted by Crippen LogP contribution is 2.35. The lowest BCUT2D eigenvalue weighted by molar-refractivity contribution is -0.939. The lowest BCUT2D eigenvalue weighted by atomic mass is 9.78. The summed E-state index contributed by atoms with van der Waals surface area (Å²) in [7, 11) is 2.47. The number of quaternary nitrogens is 1. The predicted octanol–water partition coefficient (Wildman–Crippen LogP) is 2.59. The van der Waals surface area contributed by atoms with E-state index in [1.807, 2.05) is 0 Å². The third-order valence-corrected chi connectivity index (χ3v) is 5.56. The van der Waals surface area contributed by atoms with Crippen molar-refractivity contribution in [1.29, 1.82) is 0 Å². The first-order valence-electron chi connectivity index (χ1n) is 7.50. The van der Waals surface area contributed by atoms with Gasteiger partial charge in [-0.15, -0.1) is 0 Å². The number of likely N-dealkylation sites (tertiary alicyclic amines) is 2. The van der Waals surface area contributed by atoms with Gasteiger partial charge in [-0.3, -0.25) is 0 Å². The molecule has 2 rings (SSSR count). The molecule has 0 aromatic carbocycles. The van der Waals surface area contributed by atoms with Crippen molar-refractivity contribution in [2.75, 3.05) is 33.2 Å². The zero-order valence-corrected chi connectivity index (χ0v) is 12.4. The molecule has 2 aliphatic heterocycles. The fourth-order valence-electron chi connectivity index (χ4n) is 3.70. The van der Waals surface area contributed by atoms with Gasteiger partial charge in [0, 0.05) is 24.9 Å². The molecular formula is C15H31N2+. The van der Waals surface area contributed by atoms with E-state index >= 15 is 0 Å². The molecule has 0 spiro atoms. The minimum atomic E-state index is 0.740. The van der Waals surface area contributed by atoms with E-state index in [0.29, 0.717) is 0 Å². The maximum Gasteiger partial charge on any atom is 0.0831 e. The molecule has 0 aliphatic carbocycles. The van der Waals surface area contributed by atoms with Crippen molar-refractivity contribution in [2.45, 2.75) is 52.6 Å². The van der Waals surface area contributed by atoms with Crippen LogP contribution >= 0.6 is 0 Å². The summed E-state index contributed by atoms with van der Waals surface area (Å²) in [6.45, 7) is 15.0. The largest absolute Gasteiger partial charge is 0.324 e. The molecular weight excluding hydrogens is 208 g/mol. The van der Waals surface area contributed by atoms with Crippen LogP contribution in [0.3, 0.4) is 0 Å². The first kappa shape index (κ1) is 13.4. The summed E-state index contributed by atoms with van der Waals surface area (Å²) >= 11 is 0. The Bertz CT molecular complexity index is 262. The molecule has 3 atom stereocenters. The van der Waals surface area contributed by atoms with E-state index in [-0.39, 0.29) is 0 Å².